The maximum atomic E-state index is 13.5. The maximum Gasteiger partial charge on any atom is 0.369 e. The summed E-state index contributed by atoms with van der Waals surface area (Å²) in [5, 5.41) is 0.0376. The van der Waals surface area contributed by atoms with E-state index in [0.29, 0.717) is 0 Å². The molecule has 0 spiro atoms. The van der Waals surface area contributed by atoms with Crippen molar-refractivity contribution in [1.82, 2.24) is 9.36 Å². The van der Waals surface area contributed by atoms with Crippen LogP contribution < -0.4 is 0 Å². The number of esters is 1. The SMILES string of the molecule is CCOC(=O)c1nc(-c2ccc(F)cc2F)ns1. The van der Waals surface area contributed by atoms with Crippen LogP contribution in [0.4, 0.5) is 8.78 Å². The smallest absolute Gasteiger partial charge is 0.369 e. The molecule has 1 aromatic carbocycles. The van der Waals surface area contributed by atoms with Crippen LogP contribution in [-0.4, -0.2) is 21.9 Å². The van der Waals surface area contributed by atoms with Gasteiger partial charge in [-0.05, 0) is 30.6 Å². The molecular weight excluding hydrogens is 262 g/mol. The minimum absolute atomic E-state index is 0.0376. The molecule has 1 heterocycles. The van der Waals surface area contributed by atoms with E-state index in [0.717, 1.165) is 23.7 Å². The van der Waals surface area contributed by atoms with Crippen molar-refractivity contribution in [2.45, 2.75) is 6.92 Å². The fourth-order valence-electron chi connectivity index (χ4n) is 1.28. The van der Waals surface area contributed by atoms with Crippen molar-refractivity contribution in [3.8, 4) is 11.4 Å². The average molecular weight is 270 g/mol. The van der Waals surface area contributed by atoms with Crippen molar-refractivity contribution in [3.63, 3.8) is 0 Å². The van der Waals surface area contributed by atoms with Crippen molar-refractivity contribution >= 4 is 17.5 Å². The predicted molar refractivity (Wildman–Crippen MR) is 61.2 cm³/mol. The second-order valence-electron chi connectivity index (χ2n) is 3.27. The molecular formula is C11H8F2N2O2S. The summed E-state index contributed by atoms with van der Waals surface area (Å²) in [5.74, 6) is -2.02. The van der Waals surface area contributed by atoms with E-state index in [9.17, 15) is 13.6 Å². The monoisotopic (exact) mass is 270 g/mol. The molecule has 0 amide bonds. The van der Waals surface area contributed by atoms with E-state index in [4.69, 9.17) is 4.74 Å². The van der Waals surface area contributed by atoms with Crippen molar-refractivity contribution in [3.05, 3.63) is 34.8 Å². The predicted octanol–water partition coefficient (Wildman–Crippen LogP) is 2.66. The fraction of sp³-hybridized carbons (Fsp3) is 0.182. The number of nitrogens with zero attached hydrogens (tertiary/aromatic N) is 2. The Hall–Kier alpha value is -1.89. The zero-order valence-corrected chi connectivity index (χ0v) is 10.1. The summed E-state index contributed by atoms with van der Waals surface area (Å²) in [7, 11) is 0. The topological polar surface area (TPSA) is 52.1 Å². The van der Waals surface area contributed by atoms with Gasteiger partial charge in [0.25, 0.3) is 0 Å². The first-order valence-corrected chi connectivity index (χ1v) is 5.85. The van der Waals surface area contributed by atoms with E-state index < -0.39 is 17.6 Å². The van der Waals surface area contributed by atoms with Gasteiger partial charge in [-0.1, -0.05) is 0 Å². The van der Waals surface area contributed by atoms with Gasteiger partial charge in [0.05, 0.1) is 12.2 Å². The van der Waals surface area contributed by atoms with Gasteiger partial charge in [-0.2, -0.15) is 4.37 Å². The van der Waals surface area contributed by atoms with Crippen LogP contribution in [-0.2, 0) is 4.74 Å². The first kappa shape index (κ1) is 12.6. The van der Waals surface area contributed by atoms with Gasteiger partial charge in [0.2, 0.25) is 5.01 Å². The Kier molecular flexibility index (Phi) is 3.61. The van der Waals surface area contributed by atoms with E-state index >= 15 is 0 Å². The Bertz CT molecular complexity index is 586. The van der Waals surface area contributed by atoms with E-state index in [2.05, 4.69) is 9.36 Å². The highest BCUT2D eigenvalue weighted by Crippen LogP contribution is 2.22. The molecule has 1 aromatic heterocycles. The van der Waals surface area contributed by atoms with Gasteiger partial charge >= 0.3 is 5.97 Å². The highest BCUT2D eigenvalue weighted by Gasteiger charge is 2.16. The number of aromatic nitrogens is 2. The quantitative estimate of drug-likeness (QED) is 0.805. The van der Waals surface area contributed by atoms with Crippen LogP contribution in [0.2, 0.25) is 0 Å². The van der Waals surface area contributed by atoms with Crippen molar-refractivity contribution in [2.75, 3.05) is 6.61 Å². The summed E-state index contributed by atoms with van der Waals surface area (Å²) < 4.78 is 34.8. The summed E-state index contributed by atoms with van der Waals surface area (Å²) in [6, 6.07) is 3.06. The minimum Gasteiger partial charge on any atom is -0.461 e. The lowest BCUT2D eigenvalue weighted by molar-refractivity contribution is 0.0526. The van der Waals surface area contributed by atoms with Crippen LogP contribution in [0.25, 0.3) is 11.4 Å². The third-order valence-corrected chi connectivity index (χ3v) is 2.74. The number of halogens is 2. The molecule has 2 rings (SSSR count). The van der Waals surface area contributed by atoms with Crippen LogP contribution in [0.15, 0.2) is 18.2 Å². The molecule has 0 N–H and O–H groups in total. The van der Waals surface area contributed by atoms with Gasteiger partial charge in [-0.25, -0.2) is 18.6 Å². The number of hydrogen-bond donors (Lipinski definition) is 0. The molecule has 0 aliphatic rings. The molecule has 0 radical (unpaired) electrons. The molecule has 0 saturated heterocycles. The second-order valence-corrected chi connectivity index (χ2v) is 4.02. The molecule has 0 atom stereocenters. The van der Waals surface area contributed by atoms with Crippen molar-refractivity contribution in [2.24, 2.45) is 0 Å². The first-order valence-electron chi connectivity index (χ1n) is 5.08. The van der Waals surface area contributed by atoms with Crippen LogP contribution in [0.3, 0.4) is 0 Å². The molecule has 7 heteroatoms. The average Bonchev–Trinajstić information content (AvgIpc) is 2.78. The molecule has 4 nitrogen and oxygen atoms in total. The molecule has 94 valence electrons. The molecule has 18 heavy (non-hydrogen) atoms. The number of ether oxygens (including phenoxy) is 1. The Morgan fingerprint density at radius 1 is 1.44 bits per heavy atom. The van der Waals surface area contributed by atoms with Crippen molar-refractivity contribution in [1.29, 1.82) is 0 Å². The van der Waals surface area contributed by atoms with Crippen LogP contribution in [0.5, 0.6) is 0 Å². The van der Waals surface area contributed by atoms with Gasteiger partial charge in [-0.3, -0.25) is 0 Å². The van der Waals surface area contributed by atoms with E-state index in [1.807, 2.05) is 0 Å². The van der Waals surface area contributed by atoms with Gasteiger partial charge in [0.1, 0.15) is 11.6 Å². The summed E-state index contributed by atoms with van der Waals surface area (Å²) in [5.41, 5.74) is 0.0446. The molecule has 0 saturated carbocycles. The lowest BCUT2D eigenvalue weighted by atomic mass is 10.2. The van der Waals surface area contributed by atoms with Crippen LogP contribution in [0, 0.1) is 11.6 Å². The van der Waals surface area contributed by atoms with Crippen LogP contribution >= 0.6 is 11.5 Å². The van der Waals surface area contributed by atoms with Crippen LogP contribution in [0.1, 0.15) is 16.7 Å². The Labute approximate surface area is 105 Å². The number of rotatable bonds is 3. The number of benzene rings is 1. The molecule has 0 unspecified atom stereocenters. The number of carbonyl (C=O) groups excluding carboxylic acids is 1. The summed E-state index contributed by atoms with van der Waals surface area (Å²) in [4.78, 5) is 15.2. The van der Waals surface area contributed by atoms with E-state index in [-0.39, 0.29) is 23.0 Å². The number of carbonyl (C=O) groups is 1. The zero-order chi connectivity index (χ0) is 13.1. The highest BCUT2D eigenvalue weighted by molar-refractivity contribution is 7.07. The zero-order valence-electron chi connectivity index (χ0n) is 9.31. The van der Waals surface area contributed by atoms with E-state index in [1.165, 1.54) is 6.07 Å². The Balaban J connectivity index is 2.32. The van der Waals surface area contributed by atoms with Gasteiger partial charge in [-0.15, -0.1) is 0 Å². The highest BCUT2D eigenvalue weighted by atomic mass is 32.1. The largest absolute Gasteiger partial charge is 0.461 e. The maximum absolute atomic E-state index is 13.5. The third kappa shape index (κ3) is 2.51. The molecule has 0 bridgehead atoms. The third-order valence-electron chi connectivity index (χ3n) is 2.05. The van der Waals surface area contributed by atoms with Gasteiger partial charge in [0, 0.05) is 6.07 Å². The summed E-state index contributed by atoms with van der Waals surface area (Å²) in [6.45, 7) is 1.89. The second kappa shape index (κ2) is 5.18. The molecule has 2 aromatic rings. The van der Waals surface area contributed by atoms with Gasteiger partial charge in [0.15, 0.2) is 5.82 Å². The first-order chi connectivity index (χ1) is 8.61. The molecule has 0 aliphatic heterocycles. The minimum atomic E-state index is -0.775. The van der Waals surface area contributed by atoms with E-state index in [1.54, 1.807) is 6.92 Å². The molecule has 0 aliphatic carbocycles. The standard InChI is InChI=1S/C11H8F2N2O2S/c1-2-17-11(16)10-14-9(15-18-10)7-4-3-6(12)5-8(7)13/h3-5H,2H2,1H3. The summed E-state index contributed by atoms with van der Waals surface area (Å²) in [6.07, 6.45) is 0. The lowest BCUT2D eigenvalue weighted by Crippen LogP contribution is -2.03. The summed E-state index contributed by atoms with van der Waals surface area (Å²) >= 11 is 0.809. The Morgan fingerprint density at radius 3 is 2.89 bits per heavy atom. The normalized spacial score (nSPS) is 10.4. The fourth-order valence-corrected chi connectivity index (χ4v) is 1.85. The van der Waals surface area contributed by atoms with Gasteiger partial charge < -0.3 is 4.74 Å². The van der Waals surface area contributed by atoms with Crippen molar-refractivity contribution < 1.29 is 18.3 Å². The number of hydrogen-bond acceptors (Lipinski definition) is 5. The lowest BCUT2D eigenvalue weighted by Gasteiger charge is -1.97. The Morgan fingerprint density at radius 2 is 2.22 bits per heavy atom. The molecule has 0 fully saturated rings.